The van der Waals surface area contributed by atoms with Crippen LogP contribution < -0.4 is 9.47 Å². The number of hydrogen-bond donors (Lipinski definition) is 2. The highest BCUT2D eigenvalue weighted by atomic mass is 16.5. The molecule has 2 aromatic heterocycles. The Labute approximate surface area is 355 Å². The minimum atomic E-state index is 0.147. The molecule has 300 valence electrons. The third-order valence-corrected chi connectivity index (χ3v) is 11.7. The van der Waals surface area contributed by atoms with Crippen LogP contribution >= 0.6 is 0 Å². The van der Waals surface area contributed by atoms with E-state index in [1.807, 2.05) is 78.9 Å². The van der Waals surface area contributed by atoms with Gasteiger partial charge in [0.05, 0.1) is 46.7 Å². The maximum absolute atomic E-state index is 12.6. The molecule has 2 heterocycles. The number of rotatable bonds is 11. The van der Waals surface area contributed by atoms with Crippen LogP contribution in [0.3, 0.4) is 0 Å². The summed E-state index contributed by atoms with van der Waals surface area (Å²) in [5, 5.41) is 29.7. The van der Waals surface area contributed by atoms with E-state index in [0.717, 1.165) is 90.0 Å². The Kier molecular flexibility index (Phi) is 9.68. The minimum absolute atomic E-state index is 0.147. The Bertz CT molecular complexity index is 2970. The standard InChI is InChI=1S/C55H46N2O4/c1-35-31-45(43-29-36(2)33-51(53(43)58)56-47-23-11-7-19-39(47)40-20-8-12-24-48(40)56)55(61-28-16-15-27-60-38-17-5-4-6-18-38)46(32-35)44-30-37(3)34-52(54(44)59)57-49-25-13-9-21-41(49)42-22-10-14-26-50(42)57/h4-14,17-26,29-34,58-59H,15-16,27-28H2,1-3H3. The van der Waals surface area contributed by atoms with Crippen LogP contribution in [-0.2, 0) is 0 Å². The van der Waals surface area contributed by atoms with Crippen LogP contribution in [0.25, 0.3) is 77.2 Å². The van der Waals surface area contributed by atoms with Crippen molar-refractivity contribution in [3.63, 3.8) is 0 Å². The first-order chi connectivity index (χ1) is 29.9. The molecule has 0 saturated carbocycles. The van der Waals surface area contributed by atoms with E-state index >= 15 is 0 Å². The Hall–Kier alpha value is -7.44. The number of ether oxygens (including phenoxy) is 2. The molecule has 0 saturated heterocycles. The van der Waals surface area contributed by atoms with Crippen molar-refractivity contribution in [1.82, 2.24) is 9.13 Å². The monoisotopic (exact) mass is 798 g/mol. The van der Waals surface area contributed by atoms with Gasteiger partial charge in [-0.1, -0.05) is 91.0 Å². The molecule has 0 unspecified atom stereocenters. The summed E-state index contributed by atoms with van der Waals surface area (Å²) in [7, 11) is 0. The first-order valence-electron chi connectivity index (χ1n) is 21.0. The number of unbranched alkanes of at least 4 members (excludes halogenated alkanes) is 1. The summed E-state index contributed by atoms with van der Waals surface area (Å²) >= 11 is 0. The van der Waals surface area contributed by atoms with Gasteiger partial charge < -0.3 is 28.8 Å². The lowest BCUT2D eigenvalue weighted by Gasteiger charge is -2.22. The van der Waals surface area contributed by atoms with E-state index in [4.69, 9.17) is 9.47 Å². The molecule has 0 amide bonds. The van der Waals surface area contributed by atoms with Gasteiger partial charge in [-0.15, -0.1) is 0 Å². The zero-order valence-corrected chi connectivity index (χ0v) is 34.5. The molecule has 0 spiro atoms. The molecule has 0 fully saturated rings. The highest BCUT2D eigenvalue weighted by molar-refractivity contribution is 6.11. The van der Waals surface area contributed by atoms with E-state index in [0.29, 0.717) is 41.5 Å². The molecule has 6 heteroatoms. The van der Waals surface area contributed by atoms with Crippen LogP contribution in [0.2, 0.25) is 0 Å². The first-order valence-corrected chi connectivity index (χ1v) is 21.0. The quantitative estimate of drug-likeness (QED) is 0.128. The number of aromatic hydroxyl groups is 2. The van der Waals surface area contributed by atoms with Gasteiger partial charge in [-0.2, -0.15) is 0 Å². The fourth-order valence-electron chi connectivity index (χ4n) is 9.05. The van der Waals surface area contributed by atoms with Gasteiger partial charge in [0.15, 0.2) is 0 Å². The summed E-state index contributed by atoms with van der Waals surface area (Å²) in [5.41, 5.74) is 11.2. The van der Waals surface area contributed by atoms with Crippen LogP contribution in [0.5, 0.6) is 23.0 Å². The third-order valence-electron chi connectivity index (χ3n) is 11.7. The molecule has 0 aliphatic rings. The number of nitrogens with zero attached hydrogens (tertiary/aromatic N) is 2. The van der Waals surface area contributed by atoms with Gasteiger partial charge in [-0.3, -0.25) is 0 Å². The number of aromatic nitrogens is 2. The molecule has 61 heavy (non-hydrogen) atoms. The van der Waals surface area contributed by atoms with Crippen LogP contribution in [0.4, 0.5) is 0 Å². The summed E-state index contributed by atoms with van der Waals surface area (Å²) in [4.78, 5) is 0. The van der Waals surface area contributed by atoms with E-state index in [1.54, 1.807) is 0 Å². The second-order valence-corrected chi connectivity index (χ2v) is 16.0. The second-order valence-electron chi connectivity index (χ2n) is 16.0. The highest BCUT2D eigenvalue weighted by Crippen LogP contribution is 2.50. The number of phenolic OH excluding ortho intramolecular Hbond substituents is 2. The lowest BCUT2D eigenvalue weighted by molar-refractivity contribution is 0.267. The summed E-state index contributed by atoms with van der Waals surface area (Å²) in [5.74, 6) is 1.73. The van der Waals surface area contributed by atoms with Gasteiger partial charge in [0, 0.05) is 43.8 Å². The summed E-state index contributed by atoms with van der Waals surface area (Å²) < 4.78 is 17.3. The van der Waals surface area contributed by atoms with E-state index in [9.17, 15) is 10.2 Å². The maximum atomic E-state index is 12.6. The molecular weight excluding hydrogens is 753 g/mol. The van der Waals surface area contributed by atoms with Gasteiger partial charge in [-0.05, 0) is 123 Å². The van der Waals surface area contributed by atoms with Crippen molar-refractivity contribution in [3.8, 4) is 56.6 Å². The average Bonchev–Trinajstić information content (AvgIpc) is 3.80. The largest absolute Gasteiger partial charge is 0.505 e. The highest BCUT2D eigenvalue weighted by Gasteiger charge is 2.25. The minimum Gasteiger partial charge on any atom is -0.505 e. The molecule has 0 bridgehead atoms. The molecule has 6 nitrogen and oxygen atoms in total. The molecule has 8 aromatic carbocycles. The van der Waals surface area contributed by atoms with Gasteiger partial charge in [0.25, 0.3) is 0 Å². The van der Waals surface area contributed by atoms with E-state index in [1.165, 1.54) is 0 Å². The van der Waals surface area contributed by atoms with Gasteiger partial charge in [0.1, 0.15) is 23.0 Å². The van der Waals surface area contributed by atoms with E-state index in [2.05, 4.69) is 115 Å². The lowest BCUT2D eigenvalue weighted by atomic mass is 9.91. The van der Waals surface area contributed by atoms with Crippen molar-refractivity contribution in [3.05, 3.63) is 180 Å². The van der Waals surface area contributed by atoms with Crippen molar-refractivity contribution in [1.29, 1.82) is 0 Å². The van der Waals surface area contributed by atoms with Crippen molar-refractivity contribution in [2.75, 3.05) is 13.2 Å². The Balaban J connectivity index is 1.15. The van der Waals surface area contributed by atoms with Crippen molar-refractivity contribution < 1.29 is 19.7 Å². The van der Waals surface area contributed by atoms with Crippen LogP contribution in [0.15, 0.2) is 164 Å². The molecule has 10 aromatic rings. The van der Waals surface area contributed by atoms with Crippen LogP contribution in [0.1, 0.15) is 29.5 Å². The number of phenols is 2. The molecule has 0 radical (unpaired) electrons. The van der Waals surface area contributed by atoms with E-state index in [-0.39, 0.29) is 11.5 Å². The Morgan fingerprint density at radius 1 is 0.393 bits per heavy atom. The van der Waals surface area contributed by atoms with Crippen molar-refractivity contribution >= 4 is 43.6 Å². The van der Waals surface area contributed by atoms with Crippen molar-refractivity contribution in [2.45, 2.75) is 33.6 Å². The zero-order valence-electron chi connectivity index (χ0n) is 34.5. The zero-order chi connectivity index (χ0) is 41.6. The Morgan fingerprint density at radius 2 is 0.738 bits per heavy atom. The second kappa shape index (κ2) is 15.6. The smallest absolute Gasteiger partial charge is 0.147 e. The number of aryl methyl sites for hydroxylation is 3. The normalized spacial score (nSPS) is 11.6. The summed E-state index contributed by atoms with van der Waals surface area (Å²) in [6.07, 6.45) is 1.52. The number of benzene rings is 8. The average molecular weight is 799 g/mol. The summed E-state index contributed by atoms with van der Waals surface area (Å²) in [6, 6.07) is 55.5. The number of fused-ring (bicyclic) bond motifs is 6. The predicted octanol–water partition coefficient (Wildman–Crippen LogP) is 13.8. The molecule has 0 aliphatic heterocycles. The number of hydrogen-bond acceptors (Lipinski definition) is 4. The molecule has 0 atom stereocenters. The topological polar surface area (TPSA) is 68.8 Å². The van der Waals surface area contributed by atoms with Crippen LogP contribution in [-0.4, -0.2) is 32.6 Å². The SMILES string of the molecule is Cc1cc(-c2cc(C)cc(-n3c4ccccc4c4ccccc43)c2O)c(OCCCCOc2ccccc2)c(-c2cc(C)cc(-n3c4ccccc4c4ccccc43)c2O)c1. The van der Waals surface area contributed by atoms with Gasteiger partial charge >= 0.3 is 0 Å². The fourth-order valence-corrected chi connectivity index (χ4v) is 9.05. The predicted molar refractivity (Wildman–Crippen MR) is 250 cm³/mol. The third kappa shape index (κ3) is 6.70. The fraction of sp³-hybridized carbons (Fsp3) is 0.127. The Morgan fingerprint density at radius 3 is 1.16 bits per heavy atom. The van der Waals surface area contributed by atoms with E-state index < -0.39 is 0 Å². The van der Waals surface area contributed by atoms with Gasteiger partial charge in [-0.25, -0.2) is 0 Å². The molecule has 10 rings (SSSR count). The van der Waals surface area contributed by atoms with Crippen molar-refractivity contribution in [2.24, 2.45) is 0 Å². The first kappa shape index (κ1) is 37.8. The van der Waals surface area contributed by atoms with Gasteiger partial charge in [0.2, 0.25) is 0 Å². The molecular formula is C55H46N2O4. The molecule has 2 N–H and O–H groups in total. The maximum Gasteiger partial charge on any atom is 0.147 e. The molecule has 0 aliphatic carbocycles. The number of para-hydroxylation sites is 5. The van der Waals surface area contributed by atoms with Crippen LogP contribution in [0, 0.1) is 20.8 Å². The lowest BCUT2D eigenvalue weighted by Crippen LogP contribution is -2.05. The summed E-state index contributed by atoms with van der Waals surface area (Å²) in [6.45, 7) is 7.14.